The third kappa shape index (κ3) is 5.58. The molecule has 4 aromatic rings. The van der Waals surface area contributed by atoms with E-state index in [1.54, 1.807) is 10.7 Å². The molecule has 12 heteroatoms. The molecule has 1 aromatic carbocycles. The molecule has 0 radical (unpaired) electrons. The summed E-state index contributed by atoms with van der Waals surface area (Å²) < 4.78 is 36.4. The smallest absolute Gasteiger partial charge is 0.232 e. The molecule has 1 saturated carbocycles. The molecule has 0 spiro atoms. The molecule has 41 heavy (non-hydrogen) atoms. The molecule has 6 rings (SSSR count). The average molecular weight is 578 g/mol. The van der Waals surface area contributed by atoms with Crippen molar-refractivity contribution in [1.82, 2.24) is 24.3 Å². The van der Waals surface area contributed by atoms with Crippen molar-refractivity contribution >= 4 is 44.0 Å². The van der Waals surface area contributed by atoms with Crippen LogP contribution in [0.25, 0.3) is 22.4 Å². The fraction of sp³-hybridized carbons (Fsp3) is 0.448. The predicted molar refractivity (Wildman–Crippen MR) is 158 cm³/mol. The number of rotatable bonds is 9. The summed E-state index contributed by atoms with van der Waals surface area (Å²) >= 11 is 0. The highest BCUT2D eigenvalue weighted by molar-refractivity contribution is 7.92. The number of fused-ring (bicyclic) bond motifs is 1. The van der Waals surface area contributed by atoms with Crippen molar-refractivity contribution in [3.63, 3.8) is 0 Å². The molecule has 1 unspecified atom stereocenters. The molecule has 216 valence electrons. The number of imidazole rings is 1. The minimum absolute atomic E-state index is 0.117. The van der Waals surface area contributed by atoms with Gasteiger partial charge in [0, 0.05) is 44.8 Å². The lowest BCUT2D eigenvalue weighted by Gasteiger charge is -2.25. The second-order valence-corrected chi connectivity index (χ2v) is 13.1. The van der Waals surface area contributed by atoms with Gasteiger partial charge in [0.15, 0.2) is 5.65 Å². The molecular weight excluding hydrogens is 542 g/mol. The van der Waals surface area contributed by atoms with E-state index in [1.165, 1.54) is 17.6 Å². The summed E-state index contributed by atoms with van der Waals surface area (Å²) in [7, 11) is -0.213. The highest BCUT2D eigenvalue weighted by Crippen LogP contribution is 2.38. The number of anilines is 3. The summed E-state index contributed by atoms with van der Waals surface area (Å²) in [5, 5.41) is 7.93. The van der Waals surface area contributed by atoms with E-state index in [9.17, 15) is 13.2 Å². The number of Topliss-reactive ketones (excluding diaryl/α,β-unsaturated/α-hetero) is 1. The molecule has 2 aliphatic rings. The standard InChI is InChI=1S/C29H35N7O4S/c1-18-30-28-24(16-21(17-26(37)19-8-9-19)31-29(28)36(18)27-7-5-6-14-40-27)32-23-11-10-20(22-12-13-34(2)33-22)15-25(23)35(3)41(4,38)39/h10-13,15-16,19,27H,5-9,14,17H2,1-4H3,(H,31,32). The molecule has 11 nitrogen and oxygen atoms in total. The quantitative estimate of drug-likeness (QED) is 0.308. The van der Waals surface area contributed by atoms with Gasteiger partial charge < -0.3 is 10.1 Å². The molecule has 0 bridgehead atoms. The summed E-state index contributed by atoms with van der Waals surface area (Å²) in [6, 6.07) is 9.29. The Kier molecular flexibility index (Phi) is 7.06. The van der Waals surface area contributed by atoms with Crippen LogP contribution in [0.15, 0.2) is 36.5 Å². The van der Waals surface area contributed by atoms with Crippen LogP contribution < -0.4 is 9.62 Å². The fourth-order valence-electron chi connectivity index (χ4n) is 5.36. The van der Waals surface area contributed by atoms with Crippen molar-refractivity contribution in [3.05, 3.63) is 48.0 Å². The maximum absolute atomic E-state index is 12.8. The number of benzene rings is 1. The van der Waals surface area contributed by atoms with E-state index in [0.717, 1.165) is 49.2 Å². The van der Waals surface area contributed by atoms with Crippen LogP contribution in [0.1, 0.15) is 49.9 Å². The predicted octanol–water partition coefficient (Wildman–Crippen LogP) is 4.50. The second kappa shape index (κ2) is 10.6. The van der Waals surface area contributed by atoms with Gasteiger partial charge in [0.1, 0.15) is 23.4 Å². The molecule has 3 aromatic heterocycles. The number of sulfonamides is 1. The van der Waals surface area contributed by atoms with Crippen LogP contribution in [-0.4, -0.2) is 58.4 Å². The first-order valence-corrected chi connectivity index (χ1v) is 15.8. The van der Waals surface area contributed by atoms with Crippen molar-refractivity contribution < 1.29 is 17.9 Å². The minimum atomic E-state index is -3.58. The number of nitrogens with zero attached hydrogens (tertiary/aromatic N) is 6. The third-order valence-electron chi connectivity index (χ3n) is 7.82. The van der Waals surface area contributed by atoms with Crippen molar-refractivity contribution in [2.75, 3.05) is 29.5 Å². The first kappa shape index (κ1) is 27.4. The van der Waals surface area contributed by atoms with E-state index in [0.29, 0.717) is 40.5 Å². The third-order valence-corrected chi connectivity index (χ3v) is 9.01. The van der Waals surface area contributed by atoms with E-state index in [-0.39, 0.29) is 24.3 Å². The summed E-state index contributed by atoms with van der Waals surface area (Å²) in [6.07, 6.45) is 7.88. The summed E-state index contributed by atoms with van der Waals surface area (Å²) in [4.78, 5) is 22.6. The zero-order valence-corrected chi connectivity index (χ0v) is 24.6. The number of carbonyl (C=O) groups excluding carboxylic acids is 1. The van der Waals surface area contributed by atoms with Gasteiger partial charge in [-0.2, -0.15) is 5.10 Å². The van der Waals surface area contributed by atoms with Crippen molar-refractivity contribution in [2.24, 2.45) is 13.0 Å². The van der Waals surface area contributed by atoms with Crippen LogP contribution >= 0.6 is 0 Å². The van der Waals surface area contributed by atoms with Gasteiger partial charge in [-0.15, -0.1) is 0 Å². The highest BCUT2D eigenvalue weighted by Gasteiger charge is 2.30. The fourth-order valence-corrected chi connectivity index (χ4v) is 5.87. The van der Waals surface area contributed by atoms with Gasteiger partial charge in [0.2, 0.25) is 10.0 Å². The van der Waals surface area contributed by atoms with Gasteiger partial charge in [0.05, 0.1) is 34.7 Å². The average Bonchev–Trinajstić information content (AvgIpc) is 3.62. The summed E-state index contributed by atoms with van der Waals surface area (Å²) in [5.41, 5.74) is 5.15. The monoisotopic (exact) mass is 577 g/mol. The molecule has 0 amide bonds. The zero-order chi connectivity index (χ0) is 28.9. The minimum Gasteiger partial charge on any atom is -0.358 e. The molecule has 1 N–H and O–H groups in total. The Hall–Kier alpha value is -3.77. The van der Waals surface area contributed by atoms with Crippen LogP contribution in [0.5, 0.6) is 0 Å². The number of hydrogen-bond acceptors (Lipinski definition) is 8. The Labute approximate surface area is 239 Å². The first-order valence-electron chi connectivity index (χ1n) is 14.0. The van der Waals surface area contributed by atoms with Crippen LogP contribution in [-0.2, 0) is 33.0 Å². The summed E-state index contributed by atoms with van der Waals surface area (Å²) in [6.45, 7) is 2.61. The lowest BCUT2D eigenvalue weighted by Crippen LogP contribution is -2.25. The number of ether oxygens (including phenoxy) is 1. The van der Waals surface area contributed by atoms with E-state index < -0.39 is 10.0 Å². The van der Waals surface area contributed by atoms with Gasteiger partial charge in [0.25, 0.3) is 0 Å². The topological polar surface area (TPSA) is 124 Å². The van der Waals surface area contributed by atoms with Crippen molar-refractivity contribution in [1.29, 1.82) is 0 Å². The lowest BCUT2D eigenvalue weighted by atomic mass is 10.1. The maximum Gasteiger partial charge on any atom is 0.232 e. The molecule has 1 atom stereocenters. The number of ketones is 1. The van der Waals surface area contributed by atoms with E-state index >= 15 is 0 Å². The highest BCUT2D eigenvalue weighted by atomic mass is 32.2. The Morgan fingerprint density at radius 2 is 1.93 bits per heavy atom. The van der Waals surface area contributed by atoms with Crippen LogP contribution in [0.3, 0.4) is 0 Å². The number of pyridine rings is 1. The first-order chi connectivity index (χ1) is 19.6. The molecule has 1 saturated heterocycles. The SMILES string of the molecule is Cc1nc2c(Nc3ccc(-c4ccn(C)n4)cc3N(C)S(C)(=O)=O)cc(CC(=O)C3CC3)nc2n1C1CCCCO1. The number of aryl methyl sites for hydroxylation is 2. The Bertz CT molecular complexity index is 1730. The van der Waals surface area contributed by atoms with Crippen LogP contribution in [0.4, 0.5) is 17.1 Å². The van der Waals surface area contributed by atoms with E-state index in [4.69, 9.17) is 14.7 Å². The Balaban J connectivity index is 1.47. The molecular formula is C29H35N7O4S. The van der Waals surface area contributed by atoms with Crippen LogP contribution in [0.2, 0.25) is 0 Å². The van der Waals surface area contributed by atoms with Gasteiger partial charge >= 0.3 is 0 Å². The van der Waals surface area contributed by atoms with Gasteiger partial charge in [-0.1, -0.05) is 6.07 Å². The molecule has 1 aliphatic heterocycles. The van der Waals surface area contributed by atoms with Gasteiger partial charge in [-0.05, 0) is 63.3 Å². The molecule has 2 fully saturated rings. The normalized spacial score (nSPS) is 17.6. The zero-order valence-electron chi connectivity index (χ0n) is 23.8. The van der Waals surface area contributed by atoms with Crippen LogP contribution in [0, 0.1) is 12.8 Å². The molecule has 4 heterocycles. The Morgan fingerprint density at radius 3 is 2.59 bits per heavy atom. The number of aromatic nitrogens is 5. The number of nitrogens with one attached hydrogen (secondary N) is 1. The lowest BCUT2D eigenvalue weighted by molar-refractivity contribution is -0.119. The van der Waals surface area contributed by atoms with Gasteiger partial charge in [-0.3, -0.25) is 18.3 Å². The second-order valence-electron chi connectivity index (χ2n) is 11.1. The maximum atomic E-state index is 12.8. The Morgan fingerprint density at radius 1 is 1.12 bits per heavy atom. The van der Waals surface area contributed by atoms with E-state index in [2.05, 4.69) is 10.4 Å². The van der Waals surface area contributed by atoms with Crippen molar-refractivity contribution in [2.45, 2.75) is 51.7 Å². The van der Waals surface area contributed by atoms with E-state index in [1.807, 2.05) is 49.0 Å². The number of hydrogen-bond donors (Lipinski definition) is 1. The molecule has 1 aliphatic carbocycles. The number of carbonyl (C=O) groups is 1. The summed E-state index contributed by atoms with van der Waals surface area (Å²) in [5.74, 6) is 1.08. The largest absolute Gasteiger partial charge is 0.358 e. The van der Waals surface area contributed by atoms with Gasteiger partial charge in [-0.25, -0.2) is 18.4 Å². The van der Waals surface area contributed by atoms with Crippen molar-refractivity contribution in [3.8, 4) is 11.3 Å².